The second kappa shape index (κ2) is 6.06. The Bertz CT molecular complexity index is 754. The molecule has 2 fully saturated rings. The summed E-state index contributed by atoms with van der Waals surface area (Å²) >= 11 is 0. The highest BCUT2D eigenvalue weighted by Gasteiger charge is 2.42. The Morgan fingerprint density at radius 3 is 2.91 bits per heavy atom. The lowest BCUT2D eigenvalue weighted by atomic mass is 9.98. The number of nitrogens with zero attached hydrogens (tertiary/aromatic N) is 2. The van der Waals surface area contributed by atoms with Crippen molar-refractivity contribution in [2.45, 2.75) is 18.9 Å². The maximum Gasteiger partial charge on any atom is 0.256 e. The molecular weight excluding hydrogens is 317 g/mol. The largest absolute Gasteiger partial charge is 0.338 e. The third-order valence-electron chi connectivity index (χ3n) is 5.10. The molecule has 0 radical (unpaired) electrons. The molecule has 1 saturated carbocycles. The van der Waals surface area contributed by atoms with Gasteiger partial charge in [0.2, 0.25) is 0 Å². The van der Waals surface area contributed by atoms with Gasteiger partial charge in [0.25, 0.3) is 5.91 Å². The Labute approximate surface area is 140 Å². The fourth-order valence-corrected chi connectivity index (χ4v) is 3.96. The molecule has 2 heterocycles. The maximum absolute atomic E-state index is 13.8. The van der Waals surface area contributed by atoms with Gasteiger partial charge < -0.3 is 10.6 Å². The van der Waals surface area contributed by atoms with Crippen molar-refractivity contribution in [1.29, 1.82) is 0 Å². The molecule has 3 atom stereocenters. The molecule has 0 spiro atoms. The number of carbonyl (C=O) groups excluding carboxylic acids is 1. The number of rotatable bonds is 1. The molecule has 2 aromatic rings. The number of benzene rings is 1. The van der Waals surface area contributed by atoms with Crippen LogP contribution in [0.5, 0.6) is 0 Å². The summed E-state index contributed by atoms with van der Waals surface area (Å²) in [7, 11) is 0. The molecule has 3 unspecified atom stereocenters. The van der Waals surface area contributed by atoms with Crippen molar-refractivity contribution in [1.82, 2.24) is 9.88 Å². The summed E-state index contributed by atoms with van der Waals surface area (Å²) in [6.07, 6.45) is 3.76. The van der Waals surface area contributed by atoms with E-state index in [4.69, 9.17) is 5.73 Å². The van der Waals surface area contributed by atoms with Gasteiger partial charge in [-0.3, -0.25) is 9.78 Å². The van der Waals surface area contributed by atoms with Crippen molar-refractivity contribution in [2.75, 3.05) is 13.1 Å². The molecule has 122 valence electrons. The molecular formula is C17H19ClFN3O. The number of aromatic nitrogens is 1. The van der Waals surface area contributed by atoms with Crippen LogP contribution in [0.2, 0.25) is 0 Å². The highest BCUT2D eigenvalue weighted by atomic mass is 35.5. The van der Waals surface area contributed by atoms with Crippen molar-refractivity contribution in [3.8, 4) is 0 Å². The number of fused-ring (bicyclic) bond motifs is 2. The number of halogens is 2. The van der Waals surface area contributed by atoms with E-state index in [2.05, 4.69) is 4.98 Å². The molecule has 1 aromatic heterocycles. The van der Waals surface area contributed by atoms with Crippen LogP contribution in [0.3, 0.4) is 0 Å². The highest BCUT2D eigenvalue weighted by Crippen LogP contribution is 2.38. The smallest absolute Gasteiger partial charge is 0.256 e. The second-order valence-electron chi connectivity index (χ2n) is 6.40. The molecule has 23 heavy (non-hydrogen) atoms. The first-order valence-corrected chi connectivity index (χ1v) is 7.72. The van der Waals surface area contributed by atoms with Crippen LogP contribution in [0.15, 0.2) is 30.5 Å². The standard InChI is InChI=1S/C17H18FN3O.ClH/c18-12-6-10-2-1-5-20-16(10)13(7-12)17(22)21-8-11-3-4-15(19)14(11)9-21;/h1-2,5-7,11,14-15H,3-4,8-9,19H2;1H. The van der Waals surface area contributed by atoms with Crippen LogP contribution >= 0.6 is 12.4 Å². The van der Waals surface area contributed by atoms with Gasteiger partial charge in [0.15, 0.2) is 0 Å². The quantitative estimate of drug-likeness (QED) is 0.871. The van der Waals surface area contributed by atoms with E-state index in [1.807, 2.05) is 4.90 Å². The molecule has 0 bridgehead atoms. The summed E-state index contributed by atoms with van der Waals surface area (Å²) < 4.78 is 13.8. The molecule has 1 aliphatic heterocycles. The molecule has 1 amide bonds. The van der Waals surface area contributed by atoms with E-state index in [1.54, 1.807) is 18.3 Å². The third kappa shape index (κ3) is 2.68. The zero-order chi connectivity index (χ0) is 15.3. The third-order valence-corrected chi connectivity index (χ3v) is 5.10. The number of nitrogens with two attached hydrogens (primary N) is 1. The van der Waals surface area contributed by atoms with Gasteiger partial charge in [0.1, 0.15) is 5.82 Å². The molecule has 6 heteroatoms. The summed E-state index contributed by atoms with van der Waals surface area (Å²) in [6.45, 7) is 1.40. The van der Waals surface area contributed by atoms with Crippen molar-refractivity contribution in [2.24, 2.45) is 17.6 Å². The summed E-state index contributed by atoms with van der Waals surface area (Å²) in [4.78, 5) is 18.9. The SMILES string of the molecule is Cl.NC1CCC2CN(C(=O)c3cc(F)cc4cccnc34)CC12. The van der Waals surface area contributed by atoms with E-state index < -0.39 is 5.82 Å². The van der Waals surface area contributed by atoms with Gasteiger partial charge >= 0.3 is 0 Å². The monoisotopic (exact) mass is 335 g/mol. The van der Waals surface area contributed by atoms with Crippen LogP contribution in [-0.2, 0) is 0 Å². The highest BCUT2D eigenvalue weighted by molar-refractivity contribution is 6.05. The number of amides is 1. The lowest BCUT2D eigenvalue weighted by Crippen LogP contribution is -2.33. The minimum Gasteiger partial charge on any atom is -0.338 e. The topological polar surface area (TPSA) is 59.2 Å². The molecule has 2 N–H and O–H groups in total. The Morgan fingerprint density at radius 1 is 1.30 bits per heavy atom. The summed E-state index contributed by atoms with van der Waals surface area (Å²) in [5.41, 5.74) is 7.04. The van der Waals surface area contributed by atoms with E-state index in [9.17, 15) is 9.18 Å². The number of pyridine rings is 1. The minimum atomic E-state index is -0.403. The average Bonchev–Trinajstić information content (AvgIpc) is 3.08. The van der Waals surface area contributed by atoms with E-state index in [1.165, 1.54) is 12.1 Å². The first-order chi connectivity index (χ1) is 10.6. The fraction of sp³-hybridized carbons (Fsp3) is 0.412. The van der Waals surface area contributed by atoms with Crippen molar-refractivity contribution in [3.05, 3.63) is 41.8 Å². The van der Waals surface area contributed by atoms with Gasteiger partial charge in [0, 0.05) is 30.7 Å². The Morgan fingerprint density at radius 2 is 2.13 bits per heavy atom. The lowest BCUT2D eigenvalue weighted by Gasteiger charge is -2.19. The molecule has 1 saturated heterocycles. The average molecular weight is 336 g/mol. The maximum atomic E-state index is 13.8. The van der Waals surface area contributed by atoms with Gasteiger partial charge in [-0.05, 0) is 42.9 Å². The second-order valence-corrected chi connectivity index (χ2v) is 6.40. The summed E-state index contributed by atoms with van der Waals surface area (Å²) in [6, 6.07) is 6.41. The molecule has 1 aliphatic carbocycles. The van der Waals surface area contributed by atoms with Crippen LogP contribution in [0.1, 0.15) is 23.2 Å². The van der Waals surface area contributed by atoms with Crippen molar-refractivity contribution in [3.63, 3.8) is 0 Å². The molecule has 4 nitrogen and oxygen atoms in total. The van der Waals surface area contributed by atoms with Gasteiger partial charge in [-0.25, -0.2) is 4.39 Å². The van der Waals surface area contributed by atoms with Gasteiger partial charge in [0.05, 0.1) is 11.1 Å². The zero-order valence-corrected chi connectivity index (χ0v) is 13.4. The van der Waals surface area contributed by atoms with E-state index in [-0.39, 0.29) is 24.4 Å². The van der Waals surface area contributed by atoms with E-state index >= 15 is 0 Å². The number of likely N-dealkylation sites (tertiary alicyclic amines) is 1. The fourth-order valence-electron chi connectivity index (χ4n) is 3.96. The Balaban J connectivity index is 0.00000156. The van der Waals surface area contributed by atoms with Crippen molar-refractivity contribution < 1.29 is 9.18 Å². The first-order valence-electron chi connectivity index (χ1n) is 7.72. The van der Waals surface area contributed by atoms with Crippen LogP contribution in [-0.4, -0.2) is 34.9 Å². The molecule has 2 aliphatic rings. The Kier molecular flexibility index (Phi) is 4.25. The first kappa shape index (κ1) is 16.1. The minimum absolute atomic E-state index is 0. The number of hydrogen-bond donors (Lipinski definition) is 1. The van der Waals surface area contributed by atoms with Gasteiger partial charge in [-0.1, -0.05) is 6.07 Å². The predicted molar refractivity (Wildman–Crippen MR) is 89.0 cm³/mol. The lowest BCUT2D eigenvalue weighted by molar-refractivity contribution is 0.0781. The Hall–Kier alpha value is -1.72. The van der Waals surface area contributed by atoms with E-state index in [0.717, 1.165) is 19.4 Å². The number of hydrogen-bond acceptors (Lipinski definition) is 3. The predicted octanol–water partition coefficient (Wildman–Crippen LogP) is 2.61. The van der Waals surface area contributed by atoms with Crippen LogP contribution in [0.4, 0.5) is 4.39 Å². The summed E-state index contributed by atoms with van der Waals surface area (Å²) in [5.74, 6) is 0.341. The van der Waals surface area contributed by atoms with Crippen molar-refractivity contribution >= 4 is 29.2 Å². The molecule has 1 aromatic carbocycles. The zero-order valence-electron chi connectivity index (χ0n) is 12.6. The van der Waals surface area contributed by atoms with E-state index in [0.29, 0.717) is 34.8 Å². The van der Waals surface area contributed by atoms with Crippen LogP contribution in [0.25, 0.3) is 10.9 Å². The number of carbonyl (C=O) groups is 1. The summed E-state index contributed by atoms with van der Waals surface area (Å²) in [5, 5.41) is 0.655. The van der Waals surface area contributed by atoms with Crippen LogP contribution < -0.4 is 5.73 Å². The normalized spacial score (nSPS) is 26.2. The van der Waals surface area contributed by atoms with Crippen LogP contribution in [0, 0.1) is 17.7 Å². The molecule has 4 rings (SSSR count). The van der Waals surface area contributed by atoms with Gasteiger partial charge in [-0.2, -0.15) is 0 Å². The van der Waals surface area contributed by atoms with Gasteiger partial charge in [-0.15, -0.1) is 12.4 Å².